The Kier molecular flexibility index (Phi) is 7.25. The number of carbonyl (C=O) groups is 3. The van der Waals surface area contributed by atoms with E-state index in [2.05, 4.69) is 5.32 Å². The first-order valence-corrected chi connectivity index (χ1v) is 10.3. The Morgan fingerprint density at radius 1 is 0.964 bits per heavy atom. The second kappa shape index (κ2) is 10.1. The molecule has 0 bridgehead atoms. The van der Waals surface area contributed by atoms with Crippen molar-refractivity contribution in [3.63, 3.8) is 0 Å². The lowest BCUT2D eigenvalue weighted by Gasteiger charge is -2.08. The summed E-state index contributed by atoms with van der Waals surface area (Å²) < 4.78 is 5.58. The number of amides is 2. The van der Waals surface area contributed by atoms with Gasteiger partial charge in [-0.15, -0.1) is 0 Å². The molecule has 28 heavy (non-hydrogen) atoms. The van der Waals surface area contributed by atoms with Crippen LogP contribution in [0.15, 0.2) is 54.6 Å². The number of nitrogens with one attached hydrogen (secondary N) is 1. The SMILES string of the molecule is O=C1NC(=O)C(CCCCCc2ccc(OCC(=O)c3ccccc3)cc2)S1. The lowest BCUT2D eigenvalue weighted by molar-refractivity contribution is -0.119. The summed E-state index contributed by atoms with van der Waals surface area (Å²) in [5, 5.41) is 1.86. The third-order valence-corrected chi connectivity index (χ3v) is 5.64. The highest BCUT2D eigenvalue weighted by atomic mass is 32.2. The Hall–Kier alpha value is -2.60. The molecular formula is C22H23NO4S. The van der Waals surface area contributed by atoms with E-state index < -0.39 is 0 Å². The fourth-order valence-electron chi connectivity index (χ4n) is 3.03. The van der Waals surface area contributed by atoms with Crippen molar-refractivity contribution >= 4 is 28.7 Å². The van der Waals surface area contributed by atoms with Crippen molar-refractivity contribution in [2.75, 3.05) is 6.61 Å². The van der Waals surface area contributed by atoms with Crippen molar-refractivity contribution in [1.82, 2.24) is 5.32 Å². The van der Waals surface area contributed by atoms with Crippen molar-refractivity contribution in [3.8, 4) is 5.75 Å². The zero-order chi connectivity index (χ0) is 19.8. The Labute approximate surface area is 168 Å². The Bertz CT molecular complexity index is 820. The summed E-state index contributed by atoms with van der Waals surface area (Å²) >= 11 is 1.10. The molecule has 5 nitrogen and oxygen atoms in total. The minimum absolute atomic E-state index is 0.0264. The number of ether oxygens (including phenoxy) is 1. The Balaban J connectivity index is 1.33. The van der Waals surface area contributed by atoms with Crippen LogP contribution in [0.3, 0.4) is 0 Å². The van der Waals surface area contributed by atoms with Gasteiger partial charge in [0, 0.05) is 5.56 Å². The van der Waals surface area contributed by atoms with Crippen molar-refractivity contribution in [3.05, 3.63) is 65.7 Å². The molecule has 1 atom stereocenters. The number of Topliss-reactive ketones (excluding diaryl/α,β-unsaturated/α-hetero) is 1. The van der Waals surface area contributed by atoms with Gasteiger partial charge in [-0.2, -0.15) is 0 Å². The van der Waals surface area contributed by atoms with Crippen molar-refractivity contribution in [2.24, 2.45) is 0 Å². The van der Waals surface area contributed by atoms with Crippen molar-refractivity contribution < 1.29 is 19.1 Å². The molecule has 1 heterocycles. The number of unbranched alkanes of at least 4 members (excludes halogenated alkanes) is 2. The maximum absolute atomic E-state index is 12.1. The summed E-state index contributed by atoms with van der Waals surface area (Å²) in [6.07, 6.45) is 4.67. The standard InChI is InChI=1S/C22H23NO4S/c24-19(17-8-4-2-5-9-17)15-27-18-13-11-16(12-14-18)7-3-1-6-10-20-21(25)23-22(26)28-20/h2,4-5,8-9,11-14,20H,1,3,6-7,10,15H2,(H,23,25,26). The van der Waals surface area contributed by atoms with Crippen LogP contribution in [0.25, 0.3) is 0 Å². The van der Waals surface area contributed by atoms with Crippen LogP contribution in [-0.4, -0.2) is 28.8 Å². The van der Waals surface area contributed by atoms with E-state index in [9.17, 15) is 14.4 Å². The van der Waals surface area contributed by atoms with Crippen LogP contribution >= 0.6 is 11.8 Å². The second-order valence-electron chi connectivity index (χ2n) is 6.70. The largest absolute Gasteiger partial charge is 0.485 e. The number of hydrogen-bond acceptors (Lipinski definition) is 5. The molecule has 1 aliphatic rings. The summed E-state index contributed by atoms with van der Waals surface area (Å²) in [6.45, 7) is 0.0264. The predicted octanol–water partition coefficient (Wildman–Crippen LogP) is 4.40. The molecule has 2 amide bonds. The van der Waals surface area contributed by atoms with Gasteiger partial charge in [0.15, 0.2) is 12.4 Å². The monoisotopic (exact) mass is 397 g/mol. The molecule has 1 unspecified atom stereocenters. The first-order chi connectivity index (χ1) is 13.6. The van der Waals surface area contributed by atoms with E-state index in [0.29, 0.717) is 11.3 Å². The zero-order valence-corrected chi connectivity index (χ0v) is 16.4. The minimum Gasteiger partial charge on any atom is -0.485 e. The number of thioether (sulfide) groups is 1. The van der Waals surface area contributed by atoms with Gasteiger partial charge in [-0.05, 0) is 37.0 Å². The van der Waals surface area contributed by atoms with Crippen LogP contribution in [-0.2, 0) is 11.2 Å². The molecule has 1 fully saturated rings. The van der Waals surface area contributed by atoms with E-state index >= 15 is 0 Å². The average Bonchev–Trinajstić information content (AvgIpc) is 3.04. The number of aryl methyl sites for hydroxylation is 1. The molecule has 0 radical (unpaired) electrons. The fraction of sp³-hybridized carbons (Fsp3) is 0.318. The summed E-state index contributed by atoms with van der Waals surface area (Å²) in [4.78, 5) is 34.7. The molecular weight excluding hydrogens is 374 g/mol. The summed E-state index contributed by atoms with van der Waals surface area (Å²) in [5.74, 6) is 0.485. The first-order valence-electron chi connectivity index (χ1n) is 9.43. The minimum atomic E-state index is -0.234. The van der Waals surface area contributed by atoms with Crippen molar-refractivity contribution in [1.29, 1.82) is 0 Å². The van der Waals surface area contributed by atoms with E-state index in [0.717, 1.165) is 43.9 Å². The molecule has 1 saturated heterocycles. The molecule has 0 saturated carbocycles. The lowest BCUT2D eigenvalue weighted by atomic mass is 10.1. The summed E-state index contributed by atoms with van der Waals surface area (Å²) in [7, 11) is 0. The van der Waals surface area contributed by atoms with Gasteiger partial charge in [0.25, 0.3) is 5.24 Å². The van der Waals surface area contributed by atoms with Gasteiger partial charge >= 0.3 is 0 Å². The third kappa shape index (κ3) is 5.96. The van der Waals surface area contributed by atoms with Crippen LogP contribution < -0.4 is 10.1 Å². The third-order valence-electron chi connectivity index (χ3n) is 4.59. The van der Waals surface area contributed by atoms with Gasteiger partial charge in [-0.3, -0.25) is 19.7 Å². The number of hydrogen-bond donors (Lipinski definition) is 1. The van der Waals surface area contributed by atoms with Gasteiger partial charge in [0.1, 0.15) is 5.75 Å². The highest BCUT2D eigenvalue weighted by Crippen LogP contribution is 2.24. The molecule has 0 spiro atoms. The number of carbonyl (C=O) groups excluding carboxylic acids is 3. The van der Waals surface area contributed by atoms with Gasteiger partial charge in [-0.25, -0.2) is 0 Å². The zero-order valence-electron chi connectivity index (χ0n) is 15.6. The fourth-order valence-corrected chi connectivity index (χ4v) is 3.90. The predicted molar refractivity (Wildman–Crippen MR) is 110 cm³/mol. The van der Waals surface area contributed by atoms with E-state index in [1.807, 2.05) is 42.5 Å². The highest BCUT2D eigenvalue weighted by molar-refractivity contribution is 8.15. The average molecular weight is 397 g/mol. The van der Waals surface area contributed by atoms with Crippen LogP contribution in [0.2, 0.25) is 0 Å². The van der Waals surface area contributed by atoms with Gasteiger partial charge in [0.2, 0.25) is 5.91 Å². The van der Waals surface area contributed by atoms with Crippen molar-refractivity contribution in [2.45, 2.75) is 37.4 Å². The highest BCUT2D eigenvalue weighted by Gasteiger charge is 2.30. The molecule has 2 aromatic rings. The maximum Gasteiger partial charge on any atom is 0.286 e. The quantitative estimate of drug-likeness (QED) is 0.475. The smallest absolute Gasteiger partial charge is 0.286 e. The first kappa shape index (κ1) is 20.1. The summed E-state index contributed by atoms with van der Waals surface area (Å²) in [6, 6.07) is 16.9. The van der Waals surface area contributed by atoms with E-state index in [1.54, 1.807) is 12.1 Å². The second-order valence-corrected chi connectivity index (χ2v) is 7.88. The topological polar surface area (TPSA) is 72.5 Å². The van der Waals surface area contributed by atoms with Gasteiger partial charge in [-0.1, -0.05) is 67.1 Å². The van der Waals surface area contributed by atoms with Gasteiger partial charge < -0.3 is 4.74 Å². The normalized spacial score (nSPS) is 16.1. The Morgan fingerprint density at radius 2 is 1.71 bits per heavy atom. The Morgan fingerprint density at radius 3 is 2.39 bits per heavy atom. The molecule has 1 aliphatic heterocycles. The lowest BCUT2D eigenvalue weighted by Crippen LogP contribution is -2.24. The van der Waals surface area contributed by atoms with Crippen LogP contribution in [0.5, 0.6) is 5.75 Å². The number of rotatable bonds is 10. The molecule has 1 N–H and O–H groups in total. The number of imide groups is 1. The number of benzene rings is 2. The summed E-state index contributed by atoms with van der Waals surface area (Å²) in [5.41, 5.74) is 1.86. The van der Waals surface area contributed by atoms with Crippen LogP contribution in [0.4, 0.5) is 4.79 Å². The van der Waals surface area contributed by atoms with Gasteiger partial charge in [0.05, 0.1) is 5.25 Å². The van der Waals surface area contributed by atoms with E-state index in [1.165, 1.54) is 5.56 Å². The number of ketones is 1. The molecule has 146 valence electrons. The van der Waals surface area contributed by atoms with Crippen LogP contribution in [0, 0.1) is 0 Å². The molecule has 6 heteroatoms. The molecule has 3 rings (SSSR count). The maximum atomic E-state index is 12.1. The molecule has 2 aromatic carbocycles. The molecule has 0 aromatic heterocycles. The van der Waals surface area contributed by atoms with E-state index in [-0.39, 0.29) is 28.8 Å². The van der Waals surface area contributed by atoms with E-state index in [4.69, 9.17) is 4.74 Å². The molecule has 0 aliphatic carbocycles. The van der Waals surface area contributed by atoms with Crippen LogP contribution in [0.1, 0.15) is 41.6 Å².